The standard InChI is InChI=1S/C13H23N3O5/c1-5-16(6-11(17)14(2)3)13(20)15(4)10-8-21-7-9(10)12(18)19/h9-10H,5-8H2,1-4H3,(H,18,19). The first-order chi connectivity index (χ1) is 9.79. The number of carboxylic acids is 1. The minimum Gasteiger partial charge on any atom is -0.481 e. The number of hydrogen-bond acceptors (Lipinski definition) is 4. The molecule has 1 rings (SSSR count). The third-order valence-electron chi connectivity index (χ3n) is 3.64. The summed E-state index contributed by atoms with van der Waals surface area (Å²) in [6.07, 6.45) is 0. The monoisotopic (exact) mass is 301 g/mol. The number of nitrogens with zero attached hydrogens (tertiary/aromatic N) is 3. The minimum atomic E-state index is -0.982. The number of likely N-dealkylation sites (N-methyl/N-ethyl adjacent to an activating group) is 3. The molecule has 0 aromatic rings. The second-order valence-electron chi connectivity index (χ2n) is 5.25. The summed E-state index contributed by atoms with van der Waals surface area (Å²) in [4.78, 5) is 39.5. The quantitative estimate of drug-likeness (QED) is 0.742. The van der Waals surface area contributed by atoms with E-state index in [1.165, 1.54) is 14.7 Å². The van der Waals surface area contributed by atoms with Crippen LogP contribution in [0.25, 0.3) is 0 Å². The molecule has 8 nitrogen and oxygen atoms in total. The molecule has 1 aliphatic rings. The molecule has 0 spiro atoms. The van der Waals surface area contributed by atoms with Crippen LogP contribution in [0.4, 0.5) is 4.79 Å². The van der Waals surface area contributed by atoms with Crippen molar-refractivity contribution in [3.63, 3.8) is 0 Å². The van der Waals surface area contributed by atoms with Crippen molar-refractivity contribution < 1.29 is 24.2 Å². The molecule has 1 heterocycles. The Bertz CT molecular complexity index is 413. The lowest BCUT2D eigenvalue weighted by Gasteiger charge is -2.32. The number of urea groups is 1. The molecule has 1 aliphatic heterocycles. The van der Waals surface area contributed by atoms with Crippen molar-refractivity contribution in [2.45, 2.75) is 13.0 Å². The molecule has 2 unspecified atom stereocenters. The van der Waals surface area contributed by atoms with Gasteiger partial charge in [0.25, 0.3) is 0 Å². The van der Waals surface area contributed by atoms with Gasteiger partial charge in [0.1, 0.15) is 12.5 Å². The molecule has 8 heteroatoms. The summed E-state index contributed by atoms with van der Waals surface area (Å²) in [5, 5.41) is 9.14. The first-order valence-electron chi connectivity index (χ1n) is 6.82. The van der Waals surface area contributed by atoms with Crippen LogP contribution in [-0.4, -0.2) is 91.2 Å². The van der Waals surface area contributed by atoms with Gasteiger partial charge in [0.05, 0.1) is 19.3 Å². The number of carbonyl (C=O) groups is 3. The van der Waals surface area contributed by atoms with Gasteiger partial charge in [-0.05, 0) is 6.92 Å². The maximum absolute atomic E-state index is 12.4. The molecule has 0 aromatic carbocycles. The molecule has 120 valence electrons. The summed E-state index contributed by atoms with van der Waals surface area (Å²) in [6, 6.07) is -0.882. The van der Waals surface area contributed by atoms with E-state index in [1.54, 1.807) is 28.1 Å². The van der Waals surface area contributed by atoms with Crippen LogP contribution in [0.5, 0.6) is 0 Å². The van der Waals surface area contributed by atoms with Gasteiger partial charge in [-0.2, -0.15) is 0 Å². The Morgan fingerprint density at radius 3 is 2.29 bits per heavy atom. The Balaban J connectivity index is 2.75. The maximum Gasteiger partial charge on any atom is 0.320 e. The van der Waals surface area contributed by atoms with Crippen LogP contribution in [-0.2, 0) is 14.3 Å². The fraction of sp³-hybridized carbons (Fsp3) is 0.769. The minimum absolute atomic E-state index is 0.0298. The lowest BCUT2D eigenvalue weighted by Crippen LogP contribution is -2.51. The molecular weight excluding hydrogens is 278 g/mol. The molecule has 21 heavy (non-hydrogen) atoms. The lowest BCUT2D eigenvalue weighted by molar-refractivity contribution is -0.142. The van der Waals surface area contributed by atoms with Crippen LogP contribution in [0.1, 0.15) is 6.92 Å². The average Bonchev–Trinajstić information content (AvgIpc) is 2.92. The highest BCUT2D eigenvalue weighted by atomic mass is 16.5. The van der Waals surface area contributed by atoms with Gasteiger partial charge in [-0.3, -0.25) is 9.59 Å². The van der Waals surface area contributed by atoms with E-state index in [-0.39, 0.29) is 31.7 Å². The Labute approximate surface area is 124 Å². The van der Waals surface area contributed by atoms with Crippen molar-refractivity contribution in [2.75, 3.05) is 47.4 Å². The average molecular weight is 301 g/mol. The summed E-state index contributed by atoms with van der Waals surface area (Å²) in [5.74, 6) is -1.90. The summed E-state index contributed by atoms with van der Waals surface area (Å²) in [7, 11) is 4.78. The predicted molar refractivity (Wildman–Crippen MR) is 74.8 cm³/mol. The zero-order valence-electron chi connectivity index (χ0n) is 12.9. The van der Waals surface area contributed by atoms with Gasteiger partial charge in [-0.1, -0.05) is 0 Å². The molecule has 1 saturated heterocycles. The van der Waals surface area contributed by atoms with Crippen molar-refractivity contribution in [1.82, 2.24) is 14.7 Å². The van der Waals surface area contributed by atoms with Crippen LogP contribution in [0.2, 0.25) is 0 Å². The molecule has 3 amide bonds. The van der Waals surface area contributed by atoms with E-state index in [9.17, 15) is 14.4 Å². The van der Waals surface area contributed by atoms with Gasteiger partial charge < -0.3 is 24.5 Å². The van der Waals surface area contributed by atoms with E-state index in [0.717, 1.165) is 0 Å². The van der Waals surface area contributed by atoms with Crippen LogP contribution in [0.15, 0.2) is 0 Å². The summed E-state index contributed by atoms with van der Waals surface area (Å²) in [6.45, 7) is 2.40. The van der Waals surface area contributed by atoms with Crippen LogP contribution < -0.4 is 0 Å². The molecule has 0 radical (unpaired) electrons. The molecule has 0 saturated carbocycles. The highest BCUT2D eigenvalue weighted by molar-refractivity contribution is 5.84. The topological polar surface area (TPSA) is 90.4 Å². The van der Waals surface area contributed by atoms with Crippen LogP contribution >= 0.6 is 0 Å². The maximum atomic E-state index is 12.4. The smallest absolute Gasteiger partial charge is 0.320 e. The van der Waals surface area contributed by atoms with E-state index in [0.29, 0.717) is 6.54 Å². The van der Waals surface area contributed by atoms with Crippen LogP contribution in [0.3, 0.4) is 0 Å². The van der Waals surface area contributed by atoms with Gasteiger partial charge in [-0.25, -0.2) is 4.79 Å². The van der Waals surface area contributed by atoms with Crippen molar-refractivity contribution in [3.8, 4) is 0 Å². The Hall–Kier alpha value is -1.83. The van der Waals surface area contributed by atoms with E-state index in [1.807, 2.05) is 0 Å². The molecule has 0 aromatic heterocycles. The molecule has 0 bridgehead atoms. The predicted octanol–water partition coefficient (Wildman–Crippen LogP) is -0.452. The van der Waals surface area contributed by atoms with Crippen LogP contribution in [0, 0.1) is 5.92 Å². The summed E-state index contributed by atoms with van der Waals surface area (Å²) in [5.41, 5.74) is 0. The van der Waals surface area contributed by atoms with Crippen molar-refractivity contribution in [2.24, 2.45) is 5.92 Å². The normalized spacial score (nSPS) is 21.0. The third-order valence-corrected chi connectivity index (χ3v) is 3.64. The number of hydrogen-bond donors (Lipinski definition) is 1. The first kappa shape index (κ1) is 17.2. The number of ether oxygens (including phenoxy) is 1. The van der Waals surface area contributed by atoms with E-state index in [4.69, 9.17) is 9.84 Å². The van der Waals surface area contributed by atoms with Gasteiger partial charge in [-0.15, -0.1) is 0 Å². The zero-order chi connectivity index (χ0) is 16.2. The van der Waals surface area contributed by atoms with Crippen molar-refractivity contribution in [3.05, 3.63) is 0 Å². The highest BCUT2D eigenvalue weighted by Crippen LogP contribution is 2.20. The second kappa shape index (κ2) is 7.26. The number of rotatable bonds is 5. The fourth-order valence-electron chi connectivity index (χ4n) is 2.14. The number of carboxylic acid groups (broad SMARTS) is 1. The largest absolute Gasteiger partial charge is 0.481 e. The van der Waals surface area contributed by atoms with Gasteiger partial charge in [0.2, 0.25) is 5.91 Å². The zero-order valence-corrected chi connectivity index (χ0v) is 12.9. The third kappa shape index (κ3) is 4.07. The number of carbonyl (C=O) groups excluding carboxylic acids is 2. The van der Waals surface area contributed by atoms with E-state index in [2.05, 4.69) is 0 Å². The Kier molecular flexibility index (Phi) is 5.95. The summed E-state index contributed by atoms with van der Waals surface area (Å²) < 4.78 is 5.17. The first-order valence-corrected chi connectivity index (χ1v) is 6.82. The molecule has 1 fully saturated rings. The molecule has 1 N–H and O–H groups in total. The number of aliphatic carboxylic acids is 1. The van der Waals surface area contributed by atoms with Crippen molar-refractivity contribution in [1.29, 1.82) is 0 Å². The fourth-order valence-corrected chi connectivity index (χ4v) is 2.14. The number of amides is 3. The van der Waals surface area contributed by atoms with Gasteiger partial charge in [0, 0.05) is 27.7 Å². The Morgan fingerprint density at radius 1 is 1.19 bits per heavy atom. The molecular formula is C13H23N3O5. The second-order valence-corrected chi connectivity index (χ2v) is 5.25. The molecule has 0 aliphatic carbocycles. The SMILES string of the molecule is CCN(CC(=O)N(C)C)C(=O)N(C)C1COCC1C(=O)O. The van der Waals surface area contributed by atoms with Gasteiger partial charge >= 0.3 is 12.0 Å². The van der Waals surface area contributed by atoms with Crippen molar-refractivity contribution >= 4 is 17.9 Å². The summed E-state index contributed by atoms with van der Waals surface area (Å²) >= 11 is 0. The Morgan fingerprint density at radius 2 is 1.81 bits per heavy atom. The van der Waals surface area contributed by atoms with E-state index >= 15 is 0 Å². The van der Waals surface area contributed by atoms with E-state index < -0.39 is 17.9 Å². The lowest BCUT2D eigenvalue weighted by atomic mass is 10.0. The van der Waals surface area contributed by atoms with Gasteiger partial charge in [0.15, 0.2) is 0 Å². The molecule has 2 atom stereocenters. The highest BCUT2D eigenvalue weighted by Gasteiger charge is 2.39.